The van der Waals surface area contributed by atoms with E-state index in [4.69, 9.17) is 18.9 Å². The van der Waals surface area contributed by atoms with Gasteiger partial charge in [0.05, 0.1) is 6.10 Å². The second-order valence-corrected chi connectivity index (χ2v) is 6.71. The van der Waals surface area contributed by atoms with Gasteiger partial charge in [-0.05, 0) is 49.1 Å². The summed E-state index contributed by atoms with van der Waals surface area (Å²) >= 11 is 0. The molecule has 1 fully saturated rings. The van der Waals surface area contributed by atoms with Gasteiger partial charge in [-0.3, -0.25) is 4.79 Å². The van der Waals surface area contributed by atoms with Crippen molar-refractivity contribution in [2.75, 3.05) is 25.3 Å². The van der Waals surface area contributed by atoms with Crippen LogP contribution in [0.3, 0.4) is 0 Å². The van der Waals surface area contributed by atoms with Crippen molar-refractivity contribution in [3.63, 3.8) is 0 Å². The largest absolute Gasteiger partial charge is 0.491 e. The standard InChI is InChI=1S/C21H23NO5/c23-21(9-7-15-6-8-19-20(11-15)27-14-26-19)22-16-3-1-4-17(12-16)25-13-18-5-2-10-24-18/h1,3-4,6,8,11-12,18H,2,5,7,9-10,13-14H2,(H,22,23)/t18-/m1/s1. The van der Waals surface area contributed by atoms with Gasteiger partial charge in [0.1, 0.15) is 12.4 Å². The van der Waals surface area contributed by atoms with Gasteiger partial charge in [-0.1, -0.05) is 12.1 Å². The van der Waals surface area contributed by atoms with Crippen LogP contribution in [0.4, 0.5) is 5.69 Å². The summed E-state index contributed by atoms with van der Waals surface area (Å²) in [5.74, 6) is 2.19. The molecule has 2 aromatic carbocycles. The maximum absolute atomic E-state index is 12.3. The molecule has 0 spiro atoms. The molecule has 6 heteroatoms. The summed E-state index contributed by atoms with van der Waals surface area (Å²) in [6, 6.07) is 13.2. The Labute approximate surface area is 158 Å². The monoisotopic (exact) mass is 369 g/mol. The number of ether oxygens (including phenoxy) is 4. The molecular weight excluding hydrogens is 346 g/mol. The Bertz CT molecular complexity index is 801. The maximum atomic E-state index is 12.3. The Morgan fingerprint density at radius 1 is 1.15 bits per heavy atom. The van der Waals surface area contributed by atoms with Gasteiger partial charge in [-0.2, -0.15) is 0 Å². The molecule has 0 aromatic heterocycles. The zero-order valence-corrected chi connectivity index (χ0v) is 15.1. The second kappa shape index (κ2) is 8.31. The van der Waals surface area contributed by atoms with Crippen LogP contribution in [0.5, 0.6) is 17.2 Å². The number of aryl methyl sites for hydroxylation is 1. The number of hydrogen-bond acceptors (Lipinski definition) is 5. The molecule has 142 valence electrons. The van der Waals surface area contributed by atoms with Crippen LogP contribution in [0.25, 0.3) is 0 Å². The number of carbonyl (C=O) groups excluding carboxylic acids is 1. The van der Waals surface area contributed by atoms with Crippen LogP contribution in [-0.2, 0) is 16.0 Å². The lowest BCUT2D eigenvalue weighted by molar-refractivity contribution is -0.116. The third-order valence-corrected chi connectivity index (χ3v) is 4.66. The van der Waals surface area contributed by atoms with Crippen LogP contribution in [0, 0.1) is 0 Å². The smallest absolute Gasteiger partial charge is 0.231 e. The van der Waals surface area contributed by atoms with E-state index in [1.807, 2.05) is 42.5 Å². The van der Waals surface area contributed by atoms with Crippen molar-refractivity contribution in [1.82, 2.24) is 0 Å². The fourth-order valence-electron chi connectivity index (χ4n) is 3.21. The molecule has 2 aliphatic rings. The number of nitrogens with one attached hydrogen (secondary N) is 1. The van der Waals surface area contributed by atoms with Crippen molar-refractivity contribution in [2.45, 2.75) is 31.8 Å². The SMILES string of the molecule is O=C(CCc1ccc2c(c1)OCO2)Nc1cccc(OC[C@H]2CCCO2)c1. The predicted molar refractivity (Wildman–Crippen MR) is 100 cm³/mol. The lowest BCUT2D eigenvalue weighted by Crippen LogP contribution is -2.16. The van der Waals surface area contributed by atoms with E-state index in [1.165, 1.54) is 0 Å². The third-order valence-electron chi connectivity index (χ3n) is 4.66. The molecule has 2 heterocycles. The first-order chi connectivity index (χ1) is 13.3. The van der Waals surface area contributed by atoms with E-state index < -0.39 is 0 Å². The number of benzene rings is 2. The Morgan fingerprint density at radius 2 is 2.07 bits per heavy atom. The summed E-state index contributed by atoms with van der Waals surface area (Å²) in [4.78, 5) is 12.3. The summed E-state index contributed by atoms with van der Waals surface area (Å²) in [7, 11) is 0. The molecule has 0 radical (unpaired) electrons. The lowest BCUT2D eigenvalue weighted by Gasteiger charge is -2.12. The number of carbonyl (C=O) groups is 1. The number of hydrogen-bond donors (Lipinski definition) is 1. The zero-order valence-electron chi connectivity index (χ0n) is 15.1. The van der Waals surface area contributed by atoms with Crippen LogP contribution in [-0.4, -0.2) is 32.0 Å². The van der Waals surface area contributed by atoms with Crippen LogP contribution < -0.4 is 19.5 Å². The van der Waals surface area contributed by atoms with Crippen LogP contribution >= 0.6 is 0 Å². The van der Waals surface area contributed by atoms with Crippen molar-refractivity contribution >= 4 is 11.6 Å². The molecule has 1 amide bonds. The predicted octanol–water partition coefficient (Wildman–Crippen LogP) is 3.54. The van der Waals surface area contributed by atoms with Crippen molar-refractivity contribution in [3.8, 4) is 17.2 Å². The molecule has 6 nitrogen and oxygen atoms in total. The highest BCUT2D eigenvalue weighted by atomic mass is 16.7. The minimum Gasteiger partial charge on any atom is -0.491 e. The Balaban J connectivity index is 1.27. The average Bonchev–Trinajstić information content (AvgIpc) is 3.36. The normalized spacial score (nSPS) is 17.7. The molecule has 2 aliphatic heterocycles. The van der Waals surface area contributed by atoms with Crippen molar-refractivity contribution in [2.24, 2.45) is 0 Å². The molecule has 0 saturated carbocycles. The lowest BCUT2D eigenvalue weighted by atomic mass is 10.1. The van der Waals surface area contributed by atoms with E-state index in [0.29, 0.717) is 19.4 Å². The molecule has 1 saturated heterocycles. The topological polar surface area (TPSA) is 66.0 Å². The summed E-state index contributed by atoms with van der Waals surface area (Å²) in [5, 5.41) is 2.93. The molecule has 0 aliphatic carbocycles. The first-order valence-electron chi connectivity index (χ1n) is 9.29. The first-order valence-corrected chi connectivity index (χ1v) is 9.29. The van der Waals surface area contributed by atoms with Gasteiger partial charge in [-0.25, -0.2) is 0 Å². The highest BCUT2D eigenvalue weighted by molar-refractivity contribution is 5.91. The van der Waals surface area contributed by atoms with Crippen LogP contribution in [0.2, 0.25) is 0 Å². The van der Waals surface area contributed by atoms with E-state index in [0.717, 1.165) is 47.9 Å². The maximum Gasteiger partial charge on any atom is 0.231 e. The van der Waals surface area contributed by atoms with Gasteiger partial charge in [0.15, 0.2) is 11.5 Å². The van der Waals surface area contributed by atoms with E-state index >= 15 is 0 Å². The number of amides is 1. The van der Waals surface area contributed by atoms with Gasteiger partial charge >= 0.3 is 0 Å². The summed E-state index contributed by atoms with van der Waals surface area (Å²) in [5.41, 5.74) is 1.78. The number of fused-ring (bicyclic) bond motifs is 1. The van der Waals surface area contributed by atoms with Gasteiger partial charge < -0.3 is 24.3 Å². The second-order valence-electron chi connectivity index (χ2n) is 6.71. The van der Waals surface area contributed by atoms with E-state index in [-0.39, 0.29) is 18.8 Å². The molecule has 1 atom stereocenters. The van der Waals surface area contributed by atoms with E-state index in [2.05, 4.69) is 5.32 Å². The molecule has 0 unspecified atom stereocenters. The molecule has 4 rings (SSSR count). The van der Waals surface area contributed by atoms with E-state index in [9.17, 15) is 4.79 Å². The minimum absolute atomic E-state index is 0.0380. The summed E-state index contributed by atoms with van der Waals surface area (Å²) in [6.45, 7) is 1.61. The molecule has 0 bridgehead atoms. The quantitative estimate of drug-likeness (QED) is 0.809. The number of anilines is 1. The average molecular weight is 369 g/mol. The Hall–Kier alpha value is -2.73. The van der Waals surface area contributed by atoms with Gasteiger partial charge in [-0.15, -0.1) is 0 Å². The minimum atomic E-state index is -0.0380. The van der Waals surface area contributed by atoms with Crippen LogP contribution in [0.15, 0.2) is 42.5 Å². The highest BCUT2D eigenvalue weighted by Crippen LogP contribution is 2.32. The van der Waals surface area contributed by atoms with E-state index in [1.54, 1.807) is 0 Å². The zero-order chi connectivity index (χ0) is 18.5. The van der Waals surface area contributed by atoms with Gasteiger partial charge in [0, 0.05) is 24.8 Å². The molecular formula is C21H23NO5. The van der Waals surface area contributed by atoms with Crippen molar-refractivity contribution in [3.05, 3.63) is 48.0 Å². The fourth-order valence-corrected chi connectivity index (χ4v) is 3.21. The Morgan fingerprint density at radius 3 is 2.96 bits per heavy atom. The van der Waals surface area contributed by atoms with Gasteiger partial charge in [0.25, 0.3) is 0 Å². The Kier molecular flexibility index (Phi) is 5.44. The van der Waals surface area contributed by atoms with Gasteiger partial charge in [0.2, 0.25) is 12.7 Å². The third kappa shape index (κ3) is 4.71. The summed E-state index contributed by atoms with van der Waals surface area (Å²) in [6.07, 6.45) is 3.33. The molecule has 1 N–H and O–H groups in total. The summed E-state index contributed by atoms with van der Waals surface area (Å²) < 4.78 is 22.0. The number of rotatable bonds is 7. The first kappa shape index (κ1) is 17.7. The molecule has 2 aromatic rings. The fraction of sp³-hybridized carbons (Fsp3) is 0.381. The highest BCUT2D eigenvalue weighted by Gasteiger charge is 2.16. The molecule has 27 heavy (non-hydrogen) atoms. The van der Waals surface area contributed by atoms with Crippen LogP contribution in [0.1, 0.15) is 24.8 Å². The van der Waals surface area contributed by atoms with Crippen molar-refractivity contribution < 1.29 is 23.7 Å². The van der Waals surface area contributed by atoms with Crippen molar-refractivity contribution in [1.29, 1.82) is 0 Å².